The third-order valence-corrected chi connectivity index (χ3v) is 2.09. The summed E-state index contributed by atoms with van der Waals surface area (Å²) >= 11 is 0. The molecule has 1 aliphatic rings. The molecule has 0 aromatic carbocycles. The van der Waals surface area contributed by atoms with Crippen molar-refractivity contribution in [2.24, 2.45) is 11.0 Å². The Morgan fingerprint density at radius 3 is 2.73 bits per heavy atom. The molecule has 0 aliphatic heterocycles. The largest absolute Gasteiger partial charge is 0.303 e. The SMILES string of the molecule is CC1CCC/C(=N\N(C)C)C1. The van der Waals surface area contributed by atoms with Gasteiger partial charge in [-0.1, -0.05) is 6.92 Å². The standard InChI is InChI=1S/C9H18N2/c1-8-5-4-6-9(7-8)10-11(2)3/h8H,4-7H2,1-3H3/b10-9+. The topological polar surface area (TPSA) is 15.6 Å². The smallest absolute Gasteiger partial charge is 0.0383 e. The maximum Gasteiger partial charge on any atom is 0.0383 e. The van der Waals surface area contributed by atoms with Crippen LogP contribution in [0.2, 0.25) is 0 Å². The van der Waals surface area contributed by atoms with Crippen LogP contribution in [0, 0.1) is 5.92 Å². The lowest BCUT2D eigenvalue weighted by atomic mass is 9.89. The van der Waals surface area contributed by atoms with Crippen LogP contribution in [0.5, 0.6) is 0 Å². The fourth-order valence-corrected chi connectivity index (χ4v) is 1.63. The van der Waals surface area contributed by atoms with Gasteiger partial charge in [-0.05, 0) is 31.6 Å². The summed E-state index contributed by atoms with van der Waals surface area (Å²) in [5.41, 5.74) is 1.38. The molecule has 0 N–H and O–H groups in total. The van der Waals surface area contributed by atoms with Gasteiger partial charge in [0.25, 0.3) is 0 Å². The molecule has 1 unspecified atom stereocenters. The molecule has 0 aromatic heterocycles. The van der Waals surface area contributed by atoms with Gasteiger partial charge in [0.15, 0.2) is 0 Å². The van der Waals surface area contributed by atoms with Gasteiger partial charge < -0.3 is 5.01 Å². The van der Waals surface area contributed by atoms with Crippen LogP contribution in [0.25, 0.3) is 0 Å². The van der Waals surface area contributed by atoms with E-state index < -0.39 is 0 Å². The Kier molecular flexibility index (Phi) is 2.92. The van der Waals surface area contributed by atoms with Crippen LogP contribution >= 0.6 is 0 Å². The Hall–Kier alpha value is -0.530. The fourth-order valence-electron chi connectivity index (χ4n) is 1.63. The molecule has 0 bridgehead atoms. The van der Waals surface area contributed by atoms with Gasteiger partial charge in [-0.2, -0.15) is 5.10 Å². The third-order valence-electron chi connectivity index (χ3n) is 2.09. The molecular formula is C9H18N2. The number of rotatable bonds is 1. The van der Waals surface area contributed by atoms with Gasteiger partial charge >= 0.3 is 0 Å². The first-order valence-corrected chi connectivity index (χ1v) is 4.42. The van der Waals surface area contributed by atoms with E-state index in [1.54, 1.807) is 0 Å². The third kappa shape index (κ3) is 2.91. The summed E-state index contributed by atoms with van der Waals surface area (Å²) in [6, 6.07) is 0. The van der Waals surface area contributed by atoms with E-state index >= 15 is 0 Å². The molecular weight excluding hydrogens is 136 g/mol. The van der Waals surface area contributed by atoms with Crippen LogP contribution < -0.4 is 0 Å². The molecule has 1 fully saturated rings. The molecule has 0 spiro atoms. The van der Waals surface area contributed by atoms with Crippen LogP contribution in [-0.2, 0) is 0 Å². The second-order valence-corrected chi connectivity index (χ2v) is 3.71. The molecule has 1 atom stereocenters. The molecule has 64 valence electrons. The zero-order valence-electron chi connectivity index (χ0n) is 7.80. The summed E-state index contributed by atoms with van der Waals surface area (Å²) in [4.78, 5) is 0. The van der Waals surface area contributed by atoms with Crippen molar-refractivity contribution in [3.05, 3.63) is 0 Å². The molecule has 1 saturated carbocycles. The van der Waals surface area contributed by atoms with E-state index in [0.29, 0.717) is 0 Å². The normalized spacial score (nSPS) is 29.0. The monoisotopic (exact) mass is 154 g/mol. The van der Waals surface area contributed by atoms with E-state index in [0.717, 1.165) is 5.92 Å². The zero-order valence-corrected chi connectivity index (χ0v) is 7.80. The van der Waals surface area contributed by atoms with E-state index in [1.165, 1.54) is 31.4 Å². The summed E-state index contributed by atoms with van der Waals surface area (Å²) < 4.78 is 0. The fraction of sp³-hybridized carbons (Fsp3) is 0.889. The van der Waals surface area contributed by atoms with Crippen LogP contribution in [-0.4, -0.2) is 24.8 Å². The quantitative estimate of drug-likeness (QED) is 0.528. The molecule has 0 radical (unpaired) electrons. The zero-order chi connectivity index (χ0) is 8.27. The minimum absolute atomic E-state index is 0.849. The summed E-state index contributed by atoms with van der Waals surface area (Å²) in [6.45, 7) is 2.31. The van der Waals surface area contributed by atoms with Crippen LogP contribution in [0.1, 0.15) is 32.6 Å². The van der Waals surface area contributed by atoms with E-state index in [4.69, 9.17) is 0 Å². The van der Waals surface area contributed by atoms with Crippen molar-refractivity contribution in [2.45, 2.75) is 32.6 Å². The van der Waals surface area contributed by atoms with Crippen LogP contribution in [0.4, 0.5) is 0 Å². The molecule has 2 nitrogen and oxygen atoms in total. The van der Waals surface area contributed by atoms with Crippen molar-refractivity contribution in [3.8, 4) is 0 Å². The maximum atomic E-state index is 4.44. The molecule has 0 heterocycles. The molecule has 1 aliphatic carbocycles. The van der Waals surface area contributed by atoms with Crippen molar-refractivity contribution in [1.29, 1.82) is 0 Å². The van der Waals surface area contributed by atoms with E-state index in [-0.39, 0.29) is 0 Å². The Morgan fingerprint density at radius 2 is 2.18 bits per heavy atom. The van der Waals surface area contributed by atoms with Crippen molar-refractivity contribution in [1.82, 2.24) is 5.01 Å². The molecule has 11 heavy (non-hydrogen) atoms. The van der Waals surface area contributed by atoms with Gasteiger partial charge in [-0.15, -0.1) is 0 Å². The van der Waals surface area contributed by atoms with Crippen molar-refractivity contribution in [3.63, 3.8) is 0 Å². The number of hydrazone groups is 1. The van der Waals surface area contributed by atoms with Gasteiger partial charge in [-0.25, -0.2) is 0 Å². The lowest BCUT2D eigenvalue weighted by Crippen LogP contribution is -2.16. The second-order valence-electron chi connectivity index (χ2n) is 3.71. The van der Waals surface area contributed by atoms with Crippen LogP contribution in [0.15, 0.2) is 5.10 Å². The molecule has 0 saturated heterocycles. The minimum Gasteiger partial charge on any atom is -0.303 e. The lowest BCUT2D eigenvalue weighted by Gasteiger charge is -2.20. The lowest BCUT2D eigenvalue weighted by molar-refractivity contribution is 0.420. The van der Waals surface area contributed by atoms with Gasteiger partial charge in [0.2, 0.25) is 0 Å². The molecule has 2 heteroatoms. The summed E-state index contributed by atoms with van der Waals surface area (Å²) in [7, 11) is 3.98. The van der Waals surface area contributed by atoms with Gasteiger partial charge in [0.1, 0.15) is 0 Å². The van der Waals surface area contributed by atoms with Gasteiger partial charge in [-0.3, -0.25) is 0 Å². The van der Waals surface area contributed by atoms with Gasteiger partial charge in [0, 0.05) is 19.8 Å². The average Bonchev–Trinajstić information content (AvgIpc) is 1.85. The van der Waals surface area contributed by atoms with Crippen molar-refractivity contribution < 1.29 is 0 Å². The first kappa shape index (κ1) is 8.57. The summed E-state index contributed by atoms with van der Waals surface area (Å²) in [5.74, 6) is 0.849. The summed E-state index contributed by atoms with van der Waals surface area (Å²) in [5, 5.41) is 6.35. The Labute approximate surface area is 69.3 Å². The highest BCUT2D eigenvalue weighted by molar-refractivity contribution is 5.85. The first-order chi connectivity index (χ1) is 5.18. The molecule has 1 rings (SSSR count). The number of hydrogen-bond donors (Lipinski definition) is 0. The van der Waals surface area contributed by atoms with E-state index in [2.05, 4.69) is 12.0 Å². The van der Waals surface area contributed by atoms with Crippen LogP contribution in [0.3, 0.4) is 0 Å². The Bertz CT molecular complexity index is 150. The highest BCUT2D eigenvalue weighted by Crippen LogP contribution is 2.21. The number of nitrogens with zero attached hydrogens (tertiary/aromatic N) is 2. The van der Waals surface area contributed by atoms with Crippen molar-refractivity contribution >= 4 is 5.71 Å². The first-order valence-electron chi connectivity index (χ1n) is 4.42. The number of hydrogen-bond acceptors (Lipinski definition) is 2. The Balaban J connectivity index is 2.45. The Morgan fingerprint density at radius 1 is 1.45 bits per heavy atom. The van der Waals surface area contributed by atoms with E-state index in [1.807, 2.05) is 19.1 Å². The summed E-state index contributed by atoms with van der Waals surface area (Å²) in [6.07, 6.45) is 5.13. The highest BCUT2D eigenvalue weighted by atomic mass is 15.4. The van der Waals surface area contributed by atoms with E-state index in [9.17, 15) is 0 Å². The molecule has 0 amide bonds. The molecule has 0 aromatic rings. The predicted octanol–water partition coefficient (Wildman–Crippen LogP) is 2.11. The van der Waals surface area contributed by atoms with Gasteiger partial charge in [0.05, 0.1) is 0 Å². The highest BCUT2D eigenvalue weighted by Gasteiger charge is 2.13. The van der Waals surface area contributed by atoms with Crippen molar-refractivity contribution in [2.75, 3.05) is 14.1 Å². The average molecular weight is 154 g/mol. The predicted molar refractivity (Wildman–Crippen MR) is 48.8 cm³/mol. The second kappa shape index (κ2) is 3.74. The maximum absolute atomic E-state index is 4.44. The minimum atomic E-state index is 0.849.